The minimum absolute atomic E-state index is 0.00839. The Morgan fingerprint density at radius 3 is 2.28 bits per heavy atom. The van der Waals surface area contributed by atoms with E-state index in [0.717, 1.165) is 24.0 Å². The zero-order chi connectivity index (χ0) is 18.9. The van der Waals surface area contributed by atoms with Crippen LogP contribution in [0.2, 0.25) is 0 Å². The van der Waals surface area contributed by atoms with E-state index in [-0.39, 0.29) is 12.5 Å². The maximum Gasteiger partial charge on any atom is 0.408 e. The summed E-state index contributed by atoms with van der Waals surface area (Å²) in [6.07, 6.45) is 1.74. The van der Waals surface area contributed by atoms with E-state index in [9.17, 15) is 9.59 Å². The number of aliphatic hydroxyl groups is 1. The molecule has 0 saturated heterocycles. The van der Waals surface area contributed by atoms with Crippen molar-refractivity contribution in [2.24, 2.45) is 0 Å². The number of amides is 2. The maximum atomic E-state index is 12.4. The second kappa shape index (κ2) is 10.0. The minimum atomic E-state index is -0.619. The Kier molecular flexibility index (Phi) is 8.41. The molecule has 1 atom stereocenters. The molecule has 1 unspecified atom stereocenters. The second-order valence-electron chi connectivity index (χ2n) is 7.03. The van der Waals surface area contributed by atoms with Gasteiger partial charge in [-0.1, -0.05) is 44.0 Å². The summed E-state index contributed by atoms with van der Waals surface area (Å²) >= 11 is 0. The average Bonchev–Trinajstić information content (AvgIpc) is 2.55. The summed E-state index contributed by atoms with van der Waals surface area (Å²) in [5, 5.41) is 14.5. The van der Waals surface area contributed by atoms with Crippen molar-refractivity contribution >= 4 is 12.0 Å². The molecule has 0 aliphatic rings. The van der Waals surface area contributed by atoms with Crippen molar-refractivity contribution in [2.45, 2.75) is 71.8 Å². The third-order valence-corrected chi connectivity index (χ3v) is 3.53. The molecular weight excluding hydrogens is 320 g/mol. The van der Waals surface area contributed by atoms with Crippen molar-refractivity contribution in [2.75, 3.05) is 0 Å². The van der Waals surface area contributed by atoms with Crippen LogP contribution in [0.4, 0.5) is 4.79 Å². The lowest BCUT2D eigenvalue weighted by molar-refractivity contribution is -0.123. The van der Waals surface area contributed by atoms with Crippen LogP contribution in [0, 0.1) is 0 Å². The van der Waals surface area contributed by atoms with E-state index < -0.39 is 17.7 Å². The molecule has 6 heteroatoms. The van der Waals surface area contributed by atoms with Gasteiger partial charge in [0.2, 0.25) is 5.91 Å². The predicted octanol–water partition coefficient (Wildman–Crippen LogP) is 2.88. The molecule has 25 heavy (non-hydrogen) atoms. The van der Waals surface area contributed by atoms with E-state index in [2.05, 4.69) is 10.6 Å². The number of aliphatic hydroxyl groups excluding tert-OH is 1. The van der Waals surface area contributed by atoms with Gasteiger partial charge in [0.25, 0.3) is 0 Å². The van der Waals surface area contributed by atoms with E-state index >= 15 is 0 Å². The quantitative estimate of drug-likeness (QED) is 0.673. The van der Waals surface area contributed by atoms with E-state index in [0.29, 0.717) is 13.0 Å². The smallest absolute Gasteiger partial charge is 0.408 e. The molecule has 0 heterocycles. The van der Waals surface area contributed by atoms with Crippen LogP contribution in [0.1, 0.15) is 58.1 Å². The second-order valence-corrected chi connectivity index (χ2v) is 7.03. The Morgan fingerprint density at radius 2 is 1.76 bits per heavy atom. The normalized spacial score (nSPS) is 12.4. The molecule has 0 spiro atoms. The Labute approximate surface area is 150 Å². The molecule has 0 aromatic heterocycles. The summed E-state index contributed by atoms with van der Waals surface area (Å²) in [7, 11) is 0. The first-order valence-corrected chi connectivity index (χ1v) is 8.71. The molecule has 3 N–H and O–H groups in total. The first-order valence-electron chi connectivity index (χ1n) is 8.71. The molecule has 0 aliphatic carbocycles. The highest BCUT2D eigenvalue weighted by molar-refractivity contribution is 5.85. The number of hydrogen-bond donors (Lipinski definition) is 3. The Balaban J connectivity index is 2.60. The van der Waals surface area contributed by atoms with Crippen LogP contribution in [-0.2, 0) is 22.7 Å². The van der Waals surface area contributed by atoms with Crippen LogP contribution in [-0.4, -0.2) is 28.7 Å². The van der Waals surface area contributed by atoms with Gasteiger partial charge in [0, 0.05) is 6.54 Å². The van der Waals surface area contributed by atoms with Gasteiger partial charge in [-0.25, -0.2) is 4.79 Å². The van der Waals surface area contributed by atoms with Crippen LogP contribution >= 0.6 is 0 Å². The lowest BCUT2D eigenvalue weighted by Gasteiger charge is -2.23. The molecule has 0 aliphatic heterocycles. The molecule has 1 aromatic carbocycles. The van der Waals surface area contributed by atoms with Gasteiger partial charge in [-0.3, -0.25) is 4.79 Å². The molecule has 0 radical (unpaired) electrons. The molecular formula is C19H30N2O4. The number of hydrogen-bond acceptors (Lipinski definition) is 4. The van der Waals surface area contributed by atoms with Gasteiger partial charge < -0.3 is 20.5 Å². The van der Waals surface area contributed by atoms with Crippen molar-refractivity contribution in [1.29, 1.82) is 0 Å². The third-order valence-electron chi connectivity index (χ3n) is 3.53. The molecule has 140 valence electrons. The largest absolute Gasteiger partial charge is 0.444 e. The van der Waals surface area contributed by atoms with Gasteiger partial charge in [-0.2, -0.15) is 0 Å². The third kappa shape index (κ3) is 8.54. The fourth-order valence-electron chi connectivity index (χ4n) is 2.20. The summed E-state index contributed by atoms with van der Waals surface area (Å²) < 4.78 is 5.23. The zero-order valence-electron chi connectivity index (χ0n) is 15.6. The van der Waals surface area contributed by atoms with Crippen LogP contribution < -0.4 is 10.6 Å². The number of benzene rings is 1. The van der Waals surface area contributed by atoms with Crippen LogP contribution in [0.5, 0.6) is 0 Å². The number of carbonyl (C=O) groups is 2. The lowest BCUT2D eigenvalue weighted by Crippen LogP contribution is -2.48. The zero-order valence-corrected chi connectivity index (χ0v) is 15.6. The first kappa shape index (κ1) is 21.0. The standard InChI is InChI=1S/C19H30N2O4/c1-5-6-7-16(21-18(24)25-19(2,3)4)17(23)20-12-14-8-10-15(13-22)11-9-14/h8-11,16,22H,5-7,12-13H2,1-4H3,(H,20,23)(H,21,24). The van der Waals surface area contributed by atoms with E-state index in [1.807, 2.05) is 31.2 Å². The fraction of sp³-hybridized carbons (Fsp3) is 0.579. The van der Waals surface area contributed by atoms with Crippen molar-refractivity contribution < 1.29 is 19.4 Å². The highest BCUT2D eigenvalue weighted by Gasteiger charge is 2.23. The number of nitrogens with one attached hydrogen (secondary N) is 2. The van der Waals surface area contributed by atoms with Gasteiger partial charge in [0.1, 0.15) is 11.6 Å². The van der Waals surface area contributed by atoms with E-state index in [4.69, 9.17) is 9.84 Å². The summed E-state index contributed by atoms with van der Waals surface area (Å²) in [4.78, 5) is 24.4. The molecule has 0 bridgehead atoms. The van der Waals surface area contributed by atoms with Crippen LogP contribution in [0.25, 0.3) is 0 Å². The number of ether oxygens (including phenoxy) is 1. The fourth-order valence-corrected chi connectivity index (χ4v) is 2.20. The first-order chi connectivity index (χ1) is 11.7. The number of alkyl carbamates (subject to hydrolysis) is 1. The van der Waals surface area contributed by atoms with Gasteiger partial charge in [0.05, 0.1) is 6.61 Å². The number of rotatable bonds is 8. The minimum Gasteiger partial charge on any atom is -0.444 e. The Hall–Kier alpha value is -2.08. The van der Waals surface area contributed by atoms with Crippen molar-refractivity contribution in [3.8, 4) is 0 Å². The van der Waals surface area contributed by atoms with Gasteiger partial charge in [-0.15, -0.1) is 0 Å². The molecule has 1 aromatic rings. The predicted molar refractivity (Wildman–Crippen MR) is 96.9 cm³/mol. The lowest BCUT2D eigenvalue weighted by atomic mass is 10.1. The molecule has 6 nitrogen and oxygen atoms in total. The number of carbonyl (C=O) groups excluding carboxylic acids is 2. The molecule has 1 rings (SSSR count). The monoisotopic (exact) mass is 350 g/mol. The van der Waals surface area contributed by atoms with Crippen LogP contribution in [0.3, 0.4) is 0 Å². The summed E-state index contributed by atoms with van der Waals surface area (Å²) in [5.74, 6) is -0.231. The van der Waals surface area contributed by atoms with Crippen molar-refractivity contribution in [3.63, 3.8) is 0 Å². The highest BCUT2D eigenvalue weighted by atomic mass is 16.6. The topological polar surface area (TPSA) is 87.7 Å². The van der Waals surface area contributed by atoms with Crippen LogP contribution in [0.15, 0.2) is 24.3 Å². The SMILES string of the molecule is CCCCC(NC(=O)OC(C)(C)C)C(=O)NCc1ccc(CO)cc1. The van der Waals surface area contributed by atoms with Crippen molar-refractivity contribution in [3.05, 3.63) is 35.4 Å². The Morgan fingerprint density at radius 1 is 1.16 bits per heavy atom. The summed E-state index contributed by atoms with van der Waals surface area (Å²) in [5.41, 5.74) is 1.14. The maximum absolute atomic E-state index is 12.4. The van der Waals surface area contributed by atoms with Gasteiger partial charge >= 0.3 is 6.09 Å². The average molecular weight is 350 g/mol. The van der Waals surface area contributed by atoms with E-state index in [1.165, 1.54) is 0 Å². The summed E-state index contributed by atoms with van der Waals surface area (Å²) in [6, 6.07) is 6.72. The van der Waals surface area contributed by atoms with Crippen molar-refractivity contribution in [1.82, 2.24) is 10.6 Å². The van der Waals surface area contributed by atoms with E-state index in [1.54, 1.807) is 20.8 Å². The summed E-state index contributed by atoms with van der Waals surface area (Å²) in [6.45, 7) is 7.73. The molecule has 0 saturated carbocycles. The molecule has 2 amide bonds. The molecule has 0 fully saturated rings. The van der Waals surface area contributed by atoms with Gasteiger partial charge in [0.15, 0.2) is 0 Å². The highest BCUT2D eigenvalue weighted by Crippen LogP contribution is 2.09. The number of unbranched alkanes of at least 4 members (excludes halogenated alkanes) is 1. The Bertz CT molecular complexity index is 550. The van der Waals surface area contributed by atoms with Gasteiger partial charge in [-0.05, 0) is 38.3 Å².